The Balaban J connectivity index is 1.50. The molecule has 3 N–H and O–H groups in total. The molecule has 0 atom stereocenters. The number of hydrogen-bond donors (Lipinski definition) is 3. The molecular formula is C22H21N5O5S. The molecule has 4 rings (SSSR count). The van der Waals surface area contributed by atoms with Crippen LogP contribution in [0.25, 0.3) is 11.0 Å². The average molecular weight is 468 g/mol. The molecule has 0 saturated heterocycles. The predicted octanol–water partition coefficient (Wildman–Crippen LogP) is 3.80. The Kier molecular flexibility index (Phi) is 5.88. The van der Waals surface area contributed by atoms with Gasteiger partial charge in [-0.15, -0.1) is 0 Å². The lowest BCUT2D eigenvalue weighted by Gasteiger charge is -2.09. The van der Waals surface area contributed by atoms with Gasteiger partial charge in [-0.25, -0.2) is 13.4 Å². The minimum atomic E-state index is -3.34. The first-order valence-corrected chi connectivity index (χ1v) is 11.7. The maximum atomic E-state index is 12.1. The first-order valence-electron chi connectivity index (χ1n) is 9.83. The second-order valence-corrected chi connectivity index (χ2v) is 8.92. The lowest BCUT2D eigenvalue weighted by molar-refractivity contribution is 0.0963. The zero-order chi connectivity index (χ0) is 23.6. The molecule has 11 heteroatoms. The predicted molar refractivity (Wildman–Crippen MR) is 125 cm³/mol. The number of hydrogen-bond acceptors (Lipinski definition) is 8. The van der Waals surface area contributed by atoms with Crippen LogP contribution in [-0.4, -0.2) is 37.6 Å². The third-order valence-electron chi connectivity index (χ3n) is 4.59. The van der Waals surface area contributed by atoms with Crippen LogP contribution in [-0.2, 0) is 10.0 Å². The molecular weight excluding hydrogens is 446 g/mol. The molecule has 0 bridgehead atoms. The third kappa shape index (κ3) is 5.21. The van der Waals surface area contributed by atoms with E-state index < -0.39 is 10.0 Å². The van der Waals surface area contributed by atoms with E-state index in [4.69, 9.17) is 9.15 Å². The van der Waals surface area contributed by atoms with Gasteiger partial charge in [0.05, 0.1) is 11.8 Å². The topological polar surface area (TPSA) is 135 Å². The molecule has 4 aromatic rings. The number of benzene rings is 2. The van der Waals surface area contributed by atoms with E-state index >= 15 is 0 Å². The Labute approximate surface area is 190 Å². The summed E-state index contributed by atoms with van der Waals surface area (Å²) in [6.45, 7) is 1.73. The Hall–Kier alpha value is -4.12. The van der Waals surface area contributed by atoms with Gasteiger partial charge in [0.15, 0.2) is 0 Å². The second kappa shape index (κ2) is 8.79. The lowest BCUT2D eigenvalue weighted by atomic mass is 10.1. The SMILES string of the molecule is CNC(=O)c1c(C)oc2cc(Oc3ccnc(Nc4ccc(NS(C)(=O)=O)cc4)n3)ccc12. The summed E-state index contributed by atoms with van der Waals surface area (Å²) in [5, 5.41) is 6.34. The number of carbonyl (C=O) groups excluding carboxylic acids is 1. The van der Waals surface area contributed by atoms with Gasteiger partial charge in [-0.05, 0) is 43.3 Å². The van der Waals surface area contributed by atoms with E-state index in [0.29, 0.717) is 51.2 Å². The normalized spacial score (nSPS) is 11.2. The van der Waals surface area contributed by atoms with Crippen molar-refractivity contribution in [2.24, 2.45) is 0 Å². The minimum absolute atomic E-state index is 0.216. The minimum Gasteiger partial charge on any atom is -0.460 e. The van der Waals surface area contributed by atoms with Crippen LogP contribution in [0.5, 0.6) is 11.6 Å². The first-order chi connectivity index (χ1) is 15.7. The number of amides is 1. The van der Waals surface area contributed by atoms with Crippen LogP contribution >= 0.6 is 0 Å². The molecule has 33 heavy (non-hydrogen) atoms. The fraction of sp³-hybridized carbons (Fsp3) is 0.136. The standard InChI is InChI=1S/C22H21N5O5S/c1-13-20(21(28)23-2)17-9-8-16(12-18(17)31-13)32-19-10-11-24-22(26-19)25-14-4-6-15(7-5-14)27-33(3,29)30/h4-12,27H,1-3H3,(H,23,28)(H,24,25,26). The van der Waals surface area contributed by atoms with Crippen molar-refractivity contribution in [1.82, 2.24) is 15.3 Å². The maximum absolute atomic E-state index is 12.1. The summed E-state index contributed by atoms with van der Waals surface area (Å²) in [7, 11) is -1.77. The van der Waals surface area contributed by atoms with Gasteiger partial charge in [-0.3, -0.25) is 9.52 Å². The molecule has 0 aliphatic carbocycles. The van der Waals surface area contributed by atoms with Crippen molar-refractivity contribution in [1.29, 1.82) is 0 Å². The summed E-state index contributed by atoms with van der Waals surface area (Å²) in [5.74, 6) is 1.39. The summed E-state index contributed by atoms with van der Waals surface area (Å²) in [6, 6.07) is 13.4. The number of sulfonamides is 1. The number of aromatic nitrogens is 2. The summed E-state index contributed by atoms with van der Waals surface area (Å²) in [4.78, 5) is 20.6. The van der Waals surface area contributed by atoms with E-state index in [0.717, 1.165) is 6.26 Å². The monoisotopic (exact) mass is 467 g/mol. The van der Waals surface area contributed by atoms with E-state index in [-0.39, 0.29) is 5.91 Å². The van der Waals surface area contributed by atoms with Crippen molar-refractivity contribution in [3.05, 3.63) is 66.1 Å². The van der Waals surface area contributed by atoms with Crippen LogP contribution in [0.4, 0.5) is 17.3 Å². The zero-order valence-corrected chi connectivity index (χ0v) is 18.9. The number of ether oxygens (including phenoxy) is 1. The van der Waals surface area contributed by atoms with Gasteiger partial charge in [-0.1, -0.05) is 0 Å². The zero-order valence-electron chi connectivity index (χ0n) is 18.0. The second-order valence-electron chi connectivity index (χ2n) is 7.17. The van der Waals surface area contributed by atoms with Crippen LogP contribution in [0.3, 0.4) is 0 Å². The van der Waals surface area contributed by atoms with Crippen LogP contribution in [0.1, 0.15) is 16.1 Å². The summed E-state index contributed by atoms with van der Waals surface area (Å²) in [6.07, 6.45) is 2.63. The van der Waals surface area contributed by atoms with Crippen molar-refractivity contribution >= 4 is 44.2 Å². The van der Waals surface area contributed by atoms with Crippen molar-refractivity contribution in [2.75, 3.05) is 23.3 Å². The number of anilines is 3. The molecule has 0 spiro atoms. The van der Waals surface area contributed by atoms with E-state index in [2.05, 4.69) is 25.3 Å². The van der Waals surface area contributed by atoms with E-state index in [9.17, 15) is 13.2 Å². The van der Waals surface area contributed by atoms with Crippen LogP contribution in [0.15, 0.2) is 59.1 Å². The Bertz CT molecular complexity index is 1430. The molecule has 2 heterocycles. The molecule has 0 fully saturated rings. The number of rotatable bonds is 7. The van der Waals surface area contributed by atoms with E-state index in [1.807, 2.05) is 0 Å². The number of nitrogens with zero attached hydrogens (tertiary/aromatic N) is 2. The smallest absolute Gasteiger partial charge is 0.255 e. The van der Waals surface area contributed by atoms with Gasteiger partial charge in [0.2, 0.25) is 21.9 Å². The van der Waals surface area contributed by atoms with Crippen LogP contribution in [0, 0.1) is 6.92 Å². The van der Waals surface area contributed by atoms with Crippen molar-refractivity contribution < 1.29 is 22.4 Å². The lowest BCUT2D eigenvalue weighted by Crippen LogP contribution is -2.18. The van der Waals surface area contributed by atoms with E-state index in [1.165, 1.54) is 0 Å². The Morgan fingerprint density at radius 1 is 1.06 bits per heavy atom. The molecule has 1 amide bonds. The highest BCUT2D eigenvalue weighted by Crippen LogP contribution is 2.30. The van der Waals surface area contributed by atoms with Gasteiger partial charge in [0.25, 0.3) is 5.91 Å². The van der Waals surface area contributed by atoms with Gasteiger partial charge >= 0.3 is 0 Å². The Morgan fingerprint density at radius 3 is 2.48 bits per heavy atom. The number of fused-ring (bicyclic) bond motifs is 1. The largest absolute Gasteiger partial charge is 0.460 e. The average Bonchev–Trinajstić information content (AvgIpc) is 3.09. The molecule has 0 saturated carbocycles. The number of nitrogens with one attached hydrogen (secondary N) is 3. The number of aryl methyl sites for hydroxylation is 1. The molecule has 0 radical (unpaired) electrons. The first kappa shape index (κ1) is 22.1. The molecule has 0 aliphatic heterocycles. The highest BCUT2D eigenvalue weighted by molar-refractivity contribution is 7.92. The molecule has 0 unspecified atom stereocenters. The van der Waals surface area contributed by atoms with Crippen LogP contribution < -0.4 is 20.1 Å². The summed E-state index contributed by atoms with van der Waals surface area (Å²) < 4.78 is 36.6. The van der Waals surface area contributed by atoms with Crippen molar-refractivity contribution in [2.45, 2.75) is 6.92 Å². The fourth-order valence-electron chi connectivity index (χ4n) is 3.21. The highest BCUT2D eigenvalue weighted by Gasteiger charge is 2.17. The van der Waals surface area contributed by atoms with Crippen molar-refractivity contribution in [3.8, 4) is 11.6 Å². The van der Waals surface area contributed by atoms with Gasteiger partial charge in [0.1, 0.15) is 17.1 Å². The molecule has 2 aromatic carbocycles. The summed E-state index contributed by atoms with van der Waals surface area (Å²) in [5.41, 5.74) is 2.13. The Morgan fingerprint density at radius 2 is 1.79 bits per heavy atom. The van der Waals surface area contributed by atoms with Gasteiger partial charge in [-0.2, -0.15) is 4.98 Å². The van der Waals surface area contributed by atoms with E-state index in [1.54, 1.807) is 68.7 Å². The number of furan rings is 1. The fourth-order valence-corrected chi connectivity index (χ4v) is 3.78. The third-order valence-corrected chi connectivity index (χ3v) is 5.19. The molecule has 0 aliphatic rings. The maximum Gasteiger partial charge on any atom is 0.255 e. The van der Waals surface area contributed by atoms with Crippen LogP contribution in [0.2, 0.25) is 0 Å². The molecule has 10 nitrogen and oxygen atoms in total. The molecule has 2 aromatic heterocycles. The van der Waals surface area contributed by atoms with Gasteiger partial charge < -0.3 is 19.8 Å². The highest BCUT2D eigenvalue weighted by atomic mass is 32.2. The van der Waals surface area contributed by atoms with Crippen molar-refractivity contribution in [3.63, 3.8) is 0 Å². The van der Waals surface area contributed by atoms with Gasteiger partial charge in [0, 0.05) is 42.1 Å². The quantitative estimate of drug-likeness (QED) is 0.373. The summed E-state index contributed by atoms with van der Waals surface area (Å²) >= 11 is 0. The molecule has 170 valence electrons. The number of carbonyl (C=O) groups is 1.